The third-order valence-electron chi connectivity index (χ3n) is 2.92. The Balaban J connectivity index is 2.39. The summed E-state index contributed by atoms with van der Waals surface area (Å²) in [5.41, 5.74) is 8.53. The Labute approximate surface area is 78.4 Å². The van der Waals surface area contributed by atoms with Crippen molar-refractivity contribution in [1.82, 2.24) is 0 Å². The molecule has 0 fully saturated rings. The molecule has 3 N–H and O–H groups in total. The number of aryl methyl sites for hydroxylation is 1. The van der Waals surface area contributed by atoms with Gasteiger partial charge in [0.25, 0.3) is 0 Å². The summed E-state index contributed by atoms with van der Waals surface area (Å²) in [6, 6.07) is 8.39. The van der Waals surface area contributed by atoms with Crippen LogP contribution in [0, 0.1) is 0 Å². The summed E-state index contributed by atoms with van der Waals surface area (Å²) < 4.78 is 0. The second kappa shape index (κ2) is 3.48. The SMILES string of the molecule is NC1CCc2ccccc2C1CO. The number of aliphatic hydroxyl groups is 1. The average Bonchev–Trinajstić information content (AvgIpc) is 2.18. The fourth-order valence-electron chi connectivity index (χ4n) is 2.11. The summed E-state index contributed by atoms with van der Waals surface area (Å²) in [5, 5.41) is 9.23. The number of nitrogens with two attached hydrogens (primary N) is 1. The van der Waals surface area contributed by atoms with Crippen LogP contribution in [0.15, 0.2) is 24.3 Å². The number of hydrogen-bond acceptors (Lipinski definition) is 2. The van der Waals surface area contributed by atoms with Crippen LogP contribution in [0.5, 0.6) is 0 Å². The predicted molar refractivity (Wildman–Crippen MR) is 52.6 cm³/mol. The fraction of sp³-hybridized carbons (Fsp3) is 0.455. The van der Waals surface area contributed by atoms with Crippen LogP contribution in [0.25, 0.3) is 0 Å². The molecule has 2 heteroatoms. The molecule has 2 rings (SSSR count). The van der Waals surface area contributed by atoms with Gasteiger partial charge in [0.1, 0.15) is 0 Å². The lowest BCUT2D eigenvalue weighted by molar-refractivity contribution is 0.239. The summed E-state index contributed by atoms with van der Waals surface area (Å²) in [6.07, 6.45) is 2.04. The molecule has 2 nitrogen and oxygen atoms in total. The number of aliphatic hydroxyl groups excluding tert-OH is 1. The van der Waals surface area contributed by atoms with Gasteiger partial charge in [-0.3, -0.25) is 0 Å². The molecular weight excluding hydrogens is 162 g/mol. The molecule has 70 valence electrons. The molecule has 0 saturated heterocycles. The lowest BCUT2D eigenvalue weighted by Crippen LogP contribution is -2.35. The maximum Gasteiger partial charge on any atom is 0.0514 e. The van der Waals surface area contributed by atoms with E-state index in [0.717, 1.165) is 12.8 Å². The molecule has 2 atom stereocenters. The Morgan fingerprint density at radius 3 is 2.92 bits per heavy atom. The van der Waals surface area contributed by atoms with Crippen molar-refractivity contribution < 1.29 is 5.11 Å². The molecule has 0 saturated carbocycles. The van der Waals surface area contributed by atoms with E-state index in [0.29, 0.717) is 0 Å². The van der Waals surface area contributed by atoms with Crippen molar-refractivity contribution >= 4 is 0 Å². The Morgan fingerprint density at radius 2 is 2.15 bits per heavy atom. The van der Waals surface area contributed by atoms with Gasteiger partial charge < -0.3 is 10.8 Å². The van der Waals surface area contributed by atoms with Crippen LogP contribution in [0.1, 0.15) is 23.5 Å². The summed E-state index contributed by atoms with van der Waals surface area (Å²) in [6.45, 7) is 0.165. The maximum absolute atomic E-state index is 9.23. The van der Waals surface area contributed by atoms with E-state index in [1.54, 1.807) is 0 Å². The van der Waals surface area contributed by atoms with Gasteiger partial charge in [0.15, 0.2) is 0 Å². The fourth-order valence-corrected chi connectivity index (χ4v) is 2.11. The van der Waals surface area contributed by atoms with Gasteiger partial charge in [-0.25, -0.2) is 0 Å². The van der Waals surface area contributed by atoms with Crippen molar-refractivity contribution in [3.8, 4) is 0 Å². The van der Waals surface area contributed by atoms with Crippen molar-refractivity contribution in [2.24, 2.45) is 5.73 Å². The lowest BCUT2D eigenvalue weighted by atomic mass is 9.80. The zero-order chi connectivity index (χ0) is 9.26. The molecule has 0 aliphatic heterocycles. The Morgan fingerprint density at radius 1 is 1.38 bits per heavy atom. The van der Waals surface area contributed by atoms with E-state index in [1.165, 1.54) is 11.1 Å². The summed E-state index contributed by atoms with van der Waals surface area (Å²) in [5.74, 6) is 0.143. The average molecular weight is 177 g/mol. The first-order valence-corrected chi connectivity index (χ1v) is 4.77. The van der Waals surface area contributed by atoms with Crippen LogP contribution >= 0.6 is 0 Å². The minimum Gasteiger partial charge on any atom is -0.396 e. The van der Waals surface area contributed by atoms with Gasteiger partial charge >= 0.3 is 0 Å². The molecular formula is C11H15NO. The molecule has 2 unspecified atom stereocenters. The molecule has 0 amide bonds. The highest BCUT2D eigenvalue weighted by Crippen LogP contribution is 2.29. The molecule has 13 heavy (non-hydrogen) atoms. The second-order valence-electron chi connectivity index (χ2n) is 3.69. The molecule has 1 aromatic rings. The van der Waals surface area contributed by atoms with E-state index >= 15 is 0 Å². The smallest absolute Gasteiger partial charge is 0.0514 e. The third kappa shape index (κ3) is 1.47. The van der Waals surface area contributed by atoms with Gasteiger partial charge in [-0.1, -0.05) is 24.3 Å². The van der Waals surface area contributed by atoms with Gasteiger partial charge in [0.05, 0.1) is 6.61 Å². The third-order valence-corrected chi connectivity index (χ3v) is 2.92. The van der Waals surface area contributed by atoms with E-state index in [-0.39, 0.29) is 18.6 Å². The molecule has 0 heterocycles. The molecule has 0 radical (unpaired) electrons. The largest absolute Gasteiger partial charge is 0.396 e. The van der Waals surface area contributed by atoms with Gasteiger partial charge in [-0.2, -0.15) is 0 Å². The molecule has 0 aromatic heterocycles. The molecule has 1 aliphatic rings. The highest BCUT2D eigenvalue weighted by atomic mass is 16.3. The first kappa shape index (κ1) is 8.73. The van der Waals surface area contributed by atoms with E-state index in [9.17, 15) is 5.11 Å². The van der Waals surface area contributed by atoms with E-state index in [1.807, 2.05) is 12.1 Å². The Kier molecular flexibility index (Phi) is 2.34. The predicted octanol–water partition coefficient (Wildman–Crippen LogP) is 1.04. The summed E-state index contributed by atoms with van der Waals surface area (Å²) in [7, 11) is 0. The van der Waals surface area contributed by atoms with Gasteiger partial charge in [0, 0.05) is 12.0 Å². The Hall–Kier alpha value is -0.860. The maximum atomic E-state index is 9.23. The zero-order valence-corrected chi connectivity index (χ0v) is 7.61. The van der Waals surface area contributed by atoms with E-state index < -0.39 is 0 Å². The van der Waals surface area contributed by atoms with Crippen LogP contribution in [-0.4, -0.2) is 17.8 Å². The van der Waals surface area contributed by atoms with Crippen LogP contribution in [0.2, 0.25) is 0 Å². The van der Waals surface area contributed by atoms with Crippen LogP contribution < -0.4 is 5.73 Å². The first-order chi connectivity index (χ1) is 6.33. The van der Waals surface area contributed by atoms with Crippen molar-refractivity contribution in [3.63, 3.8) is 0 Å². The number of hydrogen-bond donors (Lipinski definition) is 2. The van der Waals surface area contributed by atoms with Crippen molar-refractivity contribution in [1.29, 1.82) is 0 Å². The normalized spacial score (nSPS) is 26.9. The van der Waals surface area contributed by atoms with E-state index in [2.05, 4.69) is 12.1 Å². The molecule has 0 bridgehead atoms. The number of fused-ring (bicyclic) bond motifs is 1. The number of rotatable bonds is 1. The van der Waals surface area contributed by atoms with Crippen molar-refractivity contribution in [2.75, 3.05) is 6.61 Å². The quantitative estimate of drug-likeness (QED) is 0.673. The first-order valence-electron chi connectivity index (χ1n) is 4.77. The summed E-state index contributed by atoms with van der Waals surface area (Å²) >= 11 is 0. The van der Waals surface area contributed by atoms with Crippen LogP contribution in [0.3, 0.4) is 0 Å². The zero-order valence-electron chi connectivity index (χ0n) is 7.61. The lowest BCUT2D eigenvalue weighted by Gasteiger charge is -2.29. The standard InChI is InChI=1S/C11H15NO/c12-11-6-5-8-3-1-2-4-9(8)10(11)7-13/h1-4,10-11,13H,5-7,12H2. The van der Waals surface area contributed by atoms with Crippen LogP contribution in [0.4, 0.5) is 0 Å². The van der Waals surface area contributed by atoms with Crippen molar-refractivity contribution in [2.45, 2.75) is 24.8 Å². The van der Waals surface area contributed by atoms with Crippen molar-refractivity contribution in [3.05, 3.63) is 35.4 Å². The van der Waals surface area contributed by atoms with Gasteiger partial charge in [-0.05, 0) is 24.0 Å². The van der Waals surface area contributed by atoms with E-state index in [4.69, 9.17) is 5.73 Å². The van der Waals surface area contributed by atoms with Gasteiger partial charge in [-0.15, -0.1) is 0 Å². The highest BCUT2D eigenvalue weighted by Gasteiger charge is 2.25. The van der Waals surface area contributed by atoms with Gasteiger partial charge in [0.2, 0.25) is 0 Å². The minimum atomic E-state index is 0.125. The Bertz CT molecular complexity index is 298. The summed E-state index contributed by atoms with van der Waals surface area (Å²) in [4.78, 5) is 0. The van der Waals surface area contributed by atoms with Crippen LogP contribution in [-0.2, 0) is 6.42 Å². The molecule has 1 aliphatic carbocycles. The monoisotopic (exact) mass is 177 g/mol. The molecule has 1 aromatic carbocycles. The second-order valence-corrected chi connectivity index (χ2v) is 3.69. The number of benzene rings is 1. The topological polar surface area (TPSA) is 46.2 Å². The molecule has 0 spiro atoms. The highest BCUT2D eigenvalue weighted by molar-refractivity contribution is 5.34. The minimum absolute atomic E-state index is 0.125.